The van der Waals surface area contributed by atoms with E-state index in [1.807, 2.05) is 11.8 Å². The zero-order valence-corrected chi connectivity index (χ0v) is 21.1. The van der Waals surface area contributed by atoms with Gasteiger partial charge in [-0.2, -0.15) is 0 Å². The van der Waals surface area contributed by atoms with Gasteiger partial charge < -0.3 is 9.84 Å². The van der Waals surface area contributed by atoms with Crippen LogP contribution in [0.4, 0.5) is 0 Å². The van der Waals surface area contributed by atoms with E-state index in [0.717, 1.165) is 28.4 Å². The van der Waals surface area contributed by atoms with Crippen LogP contribution in [0.15, 0.2) is 29.4 Å². The lowest BCUT2D eigenvalue weighted by atomic mass is 9.73. The van der Waals surface area contributed by atoms with Gasteiger partial charge in [0.05, 0.1) is 24.5 Å². The fraction of sp³-hybridized carbons (Fsp3) is 0.519. The third-order valence-corrected chi connectivity index (χ3v) is 6.82. The second-order valence-corrected chi connectivity index (χ2v) is 11.0. The lowest BCUT2D eigenvalue weighted by Gasteiger charge is -2.42. The Bertz CT molecular complexity index is 1050. The number of thioether (sulfide) groups is 1. The number of ether oxygens (including phenoxy) is 1. The standard InChI is InChI=1S/C27H34N2O3S/c1-6-7-8-9-12-33-24-15-23-22(26(2,3)18-27(4,5)32-23)13-19(24)10-11-20-16-29-21(17-28-20)14-25(30)31/h13,15-17H,6-9,12,14,18H2,1-5H3,(H,30,31). The molecule has 1 aliphatic heterocycles. The number of carbonyl (C=O) groups is 1. The molecule has 0 saturated heterocycles. The first kappa shape index (κ1) is 25.1. The molecule has 176 valence electrons. The first-order chi connectivity index (χ1) is 15.6. The molecule has 0 spiro atoms. The third-order valence-electron chi connectivity index (χ3n) is 5.68. The zero-order chi connectivity index (χ0) is 24.1. The zero-order valence-electron chi connectivity index (χ0n) is 20.3. The highest BCUT2D eigenvalue weighted by Gasteiger charge is 2.39. The molecule has 2 aromatic rings. The van der Waals surface area contributed by atoms with Crippen LogP contribution < -0.4 is 4.74 Å². The van der Waals surface area contributed by atoms with Crippen LogP contribution in [0, 0.1) is 11.8 Å². The van der Waals surface area contributed by atoms with E-state index in [2.05, 4.69) is 68.6 Å². The highest BCUT2D eigenvalue weighted by molar-refractivity contribution is 7.99. The minimum absolute atomic E-state index is 0.0177. The average molecular weight is 467 g/mol. The number of aliphatic carboxylic acids is 1. The molecule has 0 bridgehead atoms. The van der Waals surface area contributed by atoms with Crippen molar-refractivity contribution in [2.24, 2.45) is 0 Å². The highest BCUT2D eigenvalue weighted by atomic mass is 32.2. The van der Waals surface area contributed by atoms with Crippen molar-refractivity contribution in [3.8, 4) is 17.6 Å². The van der Waals surface area contributed by atoms with Crippen molar-refractivity contribution in [3.63, 3.8) is 0 Å². The molecule has 0 fully saturated rings. The van der Waals surface area contributed by atoms with Crippen LogP contribution in [0.3, 0.4) is 0 Å². The number of carboxylic acids is 1. The molecule has 6 heteroatoms. The molecule has 3 rings (SSSR count). The number of nitrogens with zero attached hydrogens (tertiary/aromatic N) is 2. The molecular formula is C27H34N2O3S. The number of rotatable bonds is 8. The normalized spacial score (nSPS) is 15.7. The van der Waals surface area contributed by atoms with Crippen LogP contribution in [0.1, 0.15) is 89.2 Å². The quantitative estimate of drug-likeness (QED) is 0.292. The first-order valence-electron chi connectivity index (χ1n) is 11.6. The minimum Gasteiger partial charge on any atom is -0.487 e. The molecule has 0 radical (unpaired) electrons. The third kappa shape index (κ3) is 6.98. The number of unbranched alkanes of at least 4 members (excludes halogenated alkanes) is 3. The molecule has 0 atom stereocenters. The second kappa shape index (κ2) is 10.6. The van der Waals surface area contributed by atoms with E-state index < -0.39 is 5.97 Å². The summed E-state index contributed by atoms with van der Waals surface area (Å²) in [4.78, 5) is 20.4. The molecule has 1 aliphatic rings. The second-order valence-electron chi connectivity index (χ2n) is 9.89. The molecule has 0 aliphatic carbocycles. The van der Waals surface area contributed by atoms with Gasteiger partial charge in [0, 0.05) is 16.0 Å². The topological polar surface area (TPSA) is 72.3 Å². The fourth-order valence-corrected chi connectivity index (χ4v) is 5.42. The van der Waals surface area contributed by atoms with Crippen LogP contribution in [-0.4, -0.2) is 32.4 Å². The Morgan fingerprint density at radius 3 is 2.58 bits per heavy atom. The molecular weight excluding hydrogens is 432 g/mol. The SMILES string of the molecule is CCCCCCSc1cc2c(cc1C#Cc1cnc(CC(=O)O)cn1)C(C)(C)CC(C)(C)O2. The molecule has 0 amide bonds. The number of benzene rings is 1. The summed E-state index contributed by atoms with van der Waals surface area (Å²) < 4.78 is 6.37. The van der Waals surface area contributed by atoms with Gasteiger partial charge >= 0.3 is 5.97 Å². The van der Waals surface area contributed by atoms with Gasteiger partial charge in [0.25, 0.3) is 0 Å². The molecule has 5 nitrogen and oxygen atoms in total. The van der Waals surface area contributed by atoms with Crippen molar-refractivity contribution >= 4 is 17.7 Å². The lowest BCUT2D eigenvalue weighted by Crippen LogP contribution is -2.41. The number of fused-ring (bicyclic) bond motifs is 1. The van der Waals surface area contributed by atoms with Gasteiger partial charge in [0.15, 0.2) is 0 Å². The molecule has 1 aromatic carbocycles. The maximum Gasteiger partial charge on any atom is 0.309 e. The minimum atomic E-state index is -0.925. The number of carboxylic acid groups (broad SMARTS) is 1. The average Bonchev–Trinajstić information content (AvgIpc) is 2.71. The smallest absolute Gasteiger partial charge is 0.309 e. The Labute approximate surface area is 201 Å². The molecule has 1 N–H and O–H groups in total. The summed E-state index contributed by atoms with van der Waals surface area (Å²) >= 11 is 1.83. The Morgan fingerprint density at radius 2 is 1.91 bits per heavy atom. The van der Waals surface area contributed by atoms with Gasteiger partial charge in [-0.05, 0) is 55.9 Å². The van der Waals surface area contributed by atoms with Crippen LogP contribution in [0.25, 0.3) is 0 Å². The van der Waals surface area contributed by atoms with E-state index in [1.54, 1.807) is 0 Å². The Kier molecular flexibility index (Phi) is 8.07. The molecule has 33 heavy (non-hydrogen) atoms. The molecule has 1 aromatic heterocycles. The van der Waals surface area contributed by atoms with Gasteiger partial charge in [-0.15, -0.1) is 11.8 Å². The Balaban J connectivity index is 1.92. The molecule has 2 heterocycles. The van der Waals surface area contributed by atoms with Gasteiger partial charge in [-0.25, -0.2) is 4.98 Å². The van der Waals surface area contributed by atoms with Gasteiger partial charge in [-0.3, -0.25) is 9.78 Å². The van der Waals surface area contributed by atoms with Crippen LogP contribution in [0.5, 0.6) is 5.75 Å². The van der Waals surface area contributed by atoms with E-state index in [9.17, 15) is 4.79 Å². The van der Waals surface area contributed by atoms with Crippen molar-refractivity contribution in [2.75, 3.05) is 5.75 Å². The maximum absolute atomic E-state index is 10.8. The van der Waals surface area contributed by atoms with Crippen LogP contribution >= 0.6 is 11.8 Å². The van der Waals surface area contributed by atoms with E-state index in [4.69, 9.17) is 9.84 Å². The van der Waals surface area contributed by atoms with Gasteiger partial charge in [-0.1, -0.05) is 46.0 Å². The Hall–Kier alpha value is -2.52. The van der Waals surface area contributed by atoms with E-state index in [1.165, 1.54) is 43.6 Å². The number of aromatic nitrogens is 2. The largest absolute Gasteiger partial charge is 0.487 e. The molecule has 0 saturated carbocycles. The summed E-state index contributed by atoms with van der Waals surface area (Å²) in [7, 11) is 0. The maximum atomic E-state index is 10.8. The predicted molar refractivity (Wildman–Crippen MR) is 133 cm³/mol. The molecule has 0 unspecified atom stereocenters. The highest BCUT2D eigenvalue weighted by Crippen LogP contribution is 2.46. The van der Waals surface area contributed by atoms with Crippen LogP contribution in [0.2, 0.25) is 0 Å². The van der Waals surface area contributed by atoms with E-state index in [-0.39, 0.29) is 17.4 Å². The number of hydrogen-bond acceptors (Lipinski definition) is 5. The summed E-state index contributed by atoms with van der Waals surface area (Å²) in [6.45, 7) is 11.0. The lowest BCUT2D eigenvalue weighted by molar-refractivity contribution is -0.136. The first-order valence-corrected chi connectivity index (χ1v) is 12.6. The fourth-order valence-electron chi connectivity index (χ4n) is 4.39. The summed E-state index contributed by atoms with van der Waals surface area (Å²) in [5.41, 5.74) is 2.88. The summed E-state index contributed by atoms with van der Waals surface area (Å²) in [5.74, 6) is 7.50. The summed E-state index contributed by atoms with van der Waals surface area (Å²) in [6.07, 6.45) is 8.71. The summed E-state index contributed by atoms with van der Waals surface area (Å²) in [6, 6.07) is 4.34. The van der Waals surface area contributed by atoms with Gasteiger partial charge in [0.1, 0.15) is 17.0 Å². The van der Waals surface area contributed by atoms with Crippen molar-refractivity contribution in [1.82, 2.24) is 9.97 Å². The van der Waals surface area contributed by atoms with Gasteiger partial charge in [0.2, 0.25) is 0 Å². The van der Waals surface area contributed by atoms with Crippen molar-refractivity contribution in [1.29, 1.82) is 0 Å². The van der Waals surface area contributed by atoms with E-state index in [0.29, 0.717) is 11.4 Å². The van der Waals surface area contributed by atoms with E-state index >= 15 is 0 Å². The van der Waals surface area contributed by atoms with Crippen LogP contribution in [-0.2, 0) is 16.6 Å². The van der Waals surface area contributed by atoms with Crippen molar-refractivity contribution < 1.29 is 14.6 Å². The van der Waals surface area contributed by atoms with Crippen molar-refractivity contribution in [2.45, 2.75) is 89.1 Å². The number of hydrogen-bond donors (Lipinski definition) is 1. The summed E-state index contributed by atoms with van der Waals surface area (Å²) in [5, 5.41) is 8.90. The van der Waals surface area contributed by atoms with Crippen molar-refractivity contribution in [3.05, 3.63) is 47.0 Å². The monoisotopic (exact) mass is 466 g/mol. The Morgan fingerprint density at radius 1 is 1.12 bits per heavy atom. The predicted octanol–water partition coefficient (Wildman–Crippen LogP) is 6.01.